The molecule has 1 amide bonds. The molecular formula is C21H21FN4O. The minimum Gasteiger partial charge on any atom is -0.348 e. The third-order valence-electron chi connectivity index (χ3n) is 4.98. The quantitative estimate of drug-likeness (QED) is 0.650. The molecule has 0 saturated carbocycles. The van der Waals surface area contributed by atoms with E-state index in [4.69, 9.17) is 0 Å². The van der Waals surface area contributed by atoms with Gasteiger partial charge in [0, 0.05) is 30.1 Å². The topological polar surface area (TPSA) is 69.8 Å². The summed E-state index contributed by atoms with van der Waals surface area (Å²) in [5.74, 6) is -0.348. The molecule has 0 aliphatic carbocycles. The molecule has 27 heavy (non-hydrogen) atoms. The van der Waals surface area contributed by atoms with E-state index in [0.29, 0.717) is 24.9 Å². The van der Waals surface area contributed by atoms with Crippen molar-refractivity contribution in [2.75, 3.05) is 0 Å². The van der Waals surface area contributed by atoms with Gasteiger partial charge in [0.05, 0.1) is 17.9 Å². The second-order valence-electron chi connectivity index (χ2n) is 6.73. The fourth-order valence-electron chi connectivity index (χ4n) is 3.58. The van der Waals surface area contributed by atoms with Crippen molar-refractivity contribution in [3.05, 3.63) is 77.7 Å². The first-order chi connectivity index (χ1) is 13.2. The highest BCUT2D eigenvalue weighted by Crippen LogP contribution is 2.27. The van der Waals surface area contributed by atoms with Crippen LogP contribution in [0.5, 0.6) is 0 Å². The standard InChI is InChI=1S/C21H21FN4O/c22-17-9-5-4-8-16(17)21-18(10-11-19(27)25-21)23-12-15-13-24-26-20(15)14-6-2-1-3-7-14/h1-9,13,18,21,23H,10-12H2,(H,24,26)(H,25,27)/t18-,21+/m1/s1. The molecule has 0 bridgehead atoms. The van der Waals surface area contributed by atoms with E-state index < -0.39 is 0 Å². The Balaban J connectivity index is 1.53. The number of carbonyl (C=O) groups excluding carboxylic acids is 1. The summed E-state index contributed by atoms with van der Waals surface area (Å²) in [5, 5.41) is 13.6. The van der Waals surface area contributed by atoms with E-state index in [9.17, 15) is 9.18 Å². The van der Waals surface area contributed by atoms with Gasteiger partial charge in [0.15, 0.2) is 0 Å². The summed E-state index contributed by atoms with van der Waals surface area (Å²) in [5.41, 5.74) is 3.57. The maximum absolute atomic E-state index is 14.3. The van der Waals surface area contributed by atoms with Crippen molar-refractivity contribution >= 4 is 5.91 Å². The molecule has 3 N–H and O–H groups in total. The molecule has 1 saturated heterocycles. The number of nitrogens with zero attached hydrogens (tertiary/aromatic N) is 1. The number of amides is 1. The molecule has 2 heterocycles. The van der Waals surface area contributed by atoms with E-state index in [1.165, 1.54) is 6.07 Å². The van der Waals surface area contributed by atoms with Crippen LogP contribution in [0, 0.1) is 5.82 Å². The molecule has 138 valence electrons. The van der Waals surface area contributed by atoms with E-state index in [1.807, 2.05) is 30.3 Å². The van der Waals surface area contributed by atoms with Crippen molar-refractivity contribution in [1.82, 2.24) is 20.8 Å². The van der Waals surface area contributed by atoms with Crippen molar-refractivity contribution in [3.63, 3.8) is 0 Å². The lowest BCUT2D eigenvalue weighted by Crippen LogP contribution is -2.48. The third-order valence-corrected chi connectivity index (χ3v) is 4.98. The van der Waals surface area contributed by atoms with E-state index in [-0.39, 0.29) is 23.8 Å². The van der Waals surface area contributed by atoms with Crippen LogP contribution < -0.4 is 10.6 Å². The first-order valence-electron chi connectivity index (χ1n) is 9.07. The van der Waals surface area contributed by atoms with Crippen LogP contribution >= 0.6 is 0 Å². The highest BCUT2D eigenvalue weighted by Gasteiger charge is 2.31. The van der Waals surface area contributed by atoms with Crippen LogP contribution in [0.15, 0.2) is 60.8 Å². The van der Waals surface area contributed by atoms with Crippen LogP contribution in [0.2, 0.25) is 0 Å². The van der Waals surface area contributed by atoms with Crippen LogP contribution in [0.3, 0.4) is 0 Å². The molecule has 1 aliphatic heterocycles. The molecule has 0 unspecified atom stereocenters. The van der Waals surface area contributed by atoms with Gasteiger partial charge in [-0.1, -0.05) is 48.5 Å². The Morgan fingerprint density at radius 1 is 1.11 bits per heavy atom. The van der Waals surface area contributed by atoms with Gasteiger partial charge in [-0.05, 0) is 18.1 Å². The fraction of sp³-hybridized carbons (Fsp3) is 0.238. The molecule has 2 aromatic carbocycles. The number of H-pyrrole nitrogens is 1. The molecule has 0 spiro atoms. The molecule has 0 radical (unpaired) electrons. The Bertz CT molecular complexity index is 925. The van der Waals surface area contributed by atoms with E-state index in [1.54, 1.807) is 24.4 Å². The molecule has 3 aromatic rings. The molecule has 4 rings (SSSR count). The Labute approximate surface area is 157 Å². The van der Waals surface area contributed by atoms with E-state index in [0.717, 1.165) is 16.8 Å². The Morgan fingerprint density at radius 2 is 1.89 bits per heavy atom. The lowest BCUT2D eigenvalue weighted by Gasteiger charge is -2.33. The summed E-state index contributed by atoms with van der Waals surface area (Å²) in [6.45, 7) is 0.576. The van der Waals surface area contributed by atoms with E-state index in [2.05, 4.69) is 20.8 Å². The predicted molar refractivity (Wildman–Crippen MR) is 101 cm³/mol. The van der Waals surface area contributed by atoms with Crippen LogP contribution in [0.4, 0.5) is 4.39 Å². The smallest absolute Gasteiger partial charge is 0.220 e. The summed E-state index contributed by atoms with van der Waals surface area (Å²) in [4.78, 5) is 11.9. The highest BCUT2D eigenvalue weighted by molar-refractivity contribution is 5.77. The highest BCUT2D eigenvalue weighted by atomic mass is 19.1. The number of nitrogens with one attached hydrogen (secondary N) is 3. The summed E-state index contributed by atoms with van der Waals surface area (Å²) >= 11 is 0. The SMILES string of the molecule is O=C1CC[C@@H](NCc2cn[nH]c2-c2ccccc2)[C@H](c2ccccc2F)N1. The number of piperidine rings is 1. The lowest BCUT2D eigenvalue weighted by atomic mass is 9.91. The summed E-state index contributed by atoms with van der Waals surface area (Å²) in [7, 11) is 0. The molecule has 1 aromatic heterocycles. The van der Waals surface area contributed by atoms with Crippen molar-refractivity contribution in [1.29, 1.82) is 0 Å². The zero-order chi connectivity index (χ0) is 18.6. The Morgan fingerprint density at radius 3 is 2.70 bits per heavy atom. The van der Waals surface area contributed by atoms with Crippen molar-refractivity contribution in [3.8, 4) is 11.3 Å². The molecule has 6 heteroatoms. The van der Waals surface area contributed by atoms with Gasteiger partial charge in [0.25, 0.3) is 0 Å². The number of benzene rings is 2. The summed E-state index contributed by atoms with van der Waals surface area (Å²) < 4.78 is 14.3. The van der Waals surface area contributed by atoms with Crippen molar-refractivity contribution < 1.29 is 9.18 Å². The normalized spacial score (nSPS) is 19.7. The minimum atomic E-state index is -0.389. The second kappa shape index (κ2) is 7.72. The Kier molecular flexibility index (Phi) is 4.98. The van der Waals surface area contributed by atoms with Crippen LogP contribution in [0.25, 0.3) is 11.3 Å². The van der Waals surface area contributed by atoms with Crippen LogP contribution in [0.1, 0.15) is 30.0 Å². The third kappa shape index (κ3) is 3.75. The van der Waals surface area contributed by atoms with Crippen molar-refractivity contribution in [2.24, 2.45) is 0 Å². The number of aromatic amines is 1. The van der Waals surface area contributed by atoms with Gasteiger partial charge in [-0.25, -0.2) is 4.39 Å². The molecule has 1 aliphatic rings. The van der Waals surface area contributed by atoms with Crippen LogP contribution in [-0.2, 0) is 11.3 Å². The number of aromatic nitrogens is 2. The molecule has 2 atom stereocenters. The number of carbonyl (C=O) groups is 1. The van der Waals surface area contributed by atoms with E-state index >= 15 is 0 Å². The molecule has 5 nitrogen and oxygen atoms in total. The Hall–Kier alpha value is -2.99. The number of hydrogen-bond acceptors (Lipinski definition) is 3. The fourth-order valence-corrected chi connectivity index (χ4v) is 3.58. The number of halogens is 1. The maximum atomic E-state index is 14.3. The second-order valence-corrected chi connectivity index (χ2v) is 6.73. The van der Waals surface area contributed by atoms with Gasteiger partial charge in [0.2, 0.25) is 5.91 Å². The van der Waals surface area contributed by atoms with Gasteiger partial charge in [-0.2, -0.15) is 5.10 Å². The average molecular weight is 364 g/mol. The van der Waals surface area contributed by atoms with Crippen LogP contribution in [-0.4, -0.2) is 22.1 Å². The van der Waals surface area contributed by atoms with Gasteiger partial charge >= 0.3 is 0 Å². The minimum absolute atomic E-state index is 0.0467. The first-order valence-corrected chi connectivity index (χ1v) is 9.07. The van der Waals surface area contributed by atoms with Gasteiger partial charge in [0.1, 0.15) is 5.82 Å². The molecular weight excluding hydrogens is 343 g/mol. The van der Waals surface area contributed by atoms with Gasteiger partial charge in [-0.3, -0.25) is 9.89 Å². The predicted octanol–water partition coefficient (Wildman–Crippen LogP) is 3.33. The van der Waals surface area contributed by atoms with Gasteiger partial charge in [-0.15, -0.1) is 0 Å². The van der Waals surface area contributed by atoms with Gasteiger partial charge < -0.3 is 10.6 Å². The number of hydrogen-bond donors (Lipinski definition) is 3. The maximum Gasteiger partial charge on any atom is 0.220 e. The summed E-state index contributed by atoms with van der Waals surface area (Å²) in [6, 6.07) is 16.2. The average Bonchev–Trinajstić information content (AvgIpc) is 3.17. The zero-order valence-electron chi connectivity index (χ0n) is 14.8. The first kappa shape index (κ1) is 17.4. The molecule has 1 fully saturated rings. The largest absolute Gasteiger partial charge is 0.348 e. The lowest BCUT2D eigenvalue weighted by molar-refractivity contribution is -0.123. The summed E-state index contributed by atoms with van der Waals surface area (Å²) in [6.07, 6.45) is 2.89. The van der Waals surface area contributed by atoms with Crippen molar-refractivity contribution in [2.45, 2.75) is 31.5 Å². The number of rotatable bonds is 5. The monoisotopic (exact) mass is 364 g/mol. The zero-order valence-corrected chi connectivity index (χ0v) is 14.8.